The van der Waals surface area contributed by atoms with Gasteiger partial charge < -0.3 is 20.9 Å². The summed E-state index contributed by atoms with van der Waals surface area (Å²) in [5.41, 5.74) is 1.99. The Bertz CT molecular complexity index is 747. The van der Waals surface area contributed by atoms with Gasteiger partial charge >= 0.3 is 0 Å². The maximum absolute atomic E-state index is 13.4. The van der Waals surface area contributed by atoms with Crippen LogP contribution in [-0.4, -0.2) is 43.0 Å². The number of carbonyl (C=O) groups is 1. The Balaban J connectivity index is 0.00000364. The standard InChI is InChI=1S/C19H28FN5O.HI/c1-3-9-22-18(26)8-11-24-19(21-4-2)23-10-7-14-13-25-17-6-5-15(20)12-16(14)17;/h5-6,12-13,25H,3-4,7-11H2,1-2H3,(H,22,26)(H2,21,23,24);1H. The lowest BCUT2D eigenvalue weighted by molar-refractivity contribution is -0.120. The van der Waals surface area contributed by atoms with Crippen LogP contribution in [0.25, 0.3) is 10.9 Å². The topological polar surface area (TPSA) is 81.3 Å². The third-order valence-electron chi connectivity index (χ3n) is 3.94. The molecule has 4 N–H and O–H groups in total. The van der Waals surface area contributed by atoms with Crippen LogP contribution in [0.5, 0.6) is 0 Å². The lowest BCUT2D eigenvalue weighted by atomic mass is 10.1. The number of hydrogen-bond acceptors (Lipinski definition) is 2. The van der Waals surface area contributed by atoms with Crippen molar-refractivity contribution in [2.45, 2.75) is 33.1 Å². The third kappa shape index (κ3) is 7.74. The van der Waals surface area contributed by atoms with Crippen molar-refractivity contribution in [2.75, 3.05) is 26.2 Å². The fourth-order valence-electron chi connectivity index (χ4n) is 2.64. The first-order valence-electron chi connectivity index (χ1n) is 9.18. The molecule has 1 aromatic heterocycles. The molecule has 0 aliphatic rings. The maximum Gasteiger partial charge on any atom is 0.221 e. The number of aromatic nitrogens is 1. The molecule has 0 aliphatic carbocycles. The summed E-state index contributed by atoms with van der Waals surface area (Å²) in [6.07, 6.45) is 3.95. The van der Waals surface area contributed by atoms with Crippen LogP contribution in [0.4, 0.5) is 4.39 Å². The second-order valence-corrected chi connectivity index (χ2v) is 6.04. The van der Waals surface area contributed by atoms with Gasteiger partial charge in [0.15, 0.2) is 5.96 Å². The lowest BCUT2D eigenvalue weighted by Gasteiger charge is -2.11. The number of carbonyl (C=O) groups excluding carboxylic acids is 1. The van der Waals surface area contributed by atoms with E-state index in [4.69, 9.17) is 0 Å². The number of benzene rings is 1. The smallest absolute Gasteiger partial charge is 0.221 e. The second-order valence-electron chi connectivity index (χ2n) is 6.04. The van der Waals surface area contributed by atoms with E-state index in [1.165, 1.54) is 6.07 Å². The molecule has 6 nitrogen and oxygen atoms in total. The third-order valence-corrected chi connectivity index (χ3v) is 3.94. The summed E-state index contributed by atoms with van der Waals surface area (Å²) >= 11 is 0. The van der Waals surface area contributed by atoms with Crippen molar-refractivity contribution < 1.29 is 9.18 Å². The first kappa shape index (κ1) is 23.2. The largest absolute Gasteiger partial charge is 0.361 e. The highest BCUT2D eigenvalue weighted by molar-refractivity contribution is 14.0. The average molecular weight is 489 g/mol. The molecule has 0 fully saturated rings. The van der Waals surface area contributed by atoms with Crippen molar-refractivity contribution in [1.82, 2.24) is 20.9 Å². The molecule has 0 saturated carbocycles. The summed E-state index contributed by atoms with van der Waals surface area (Å²) in [6.45, 7) is 6.56. The highest BCUT2D eigenvalue weighted by Crippen LogP contribution is 2.19. The second kappa shape index (κ2) is 12.5. The predicted molar refractivity (Wildman–Crippen MR) is 119 cm³/mol. The molecule has 2 aromatic rings. The molecule has 8 heteroatoms. The van der Waals surface area contributed by atoms with E-state index in [0.717, 1.165) is 35.9 Å². The van der Waals surface area contributed by atoms with Gasteiger partial charge in [-0.1, -0.05) is 6.92 Å². The van der Waals surface area contributed by atoms with Gasteiger partial charge in [0.2, 0.25) is 5.91 Å². The van der Waals surface area contributed by atoms with Gasteiger partial charge in [-0.05, 0) is 43.5 Å². The fourth-order valence-corrected chi connectivity index (χ4v) is 2.64. The highest BCUT2D eigenvalue weighted by Gasteiger charge is 2.06. The molecule has 1 amide bonds. The normalized spacial score (nSPS) is 11.1. The van der Waals surface area contributed by atoms with Crippen LogP contribution >= 0.6 is 24.0 Å². The first-order chi connectivity index (χ1) is 12.6. The number of amides is 1. The van der Waals surface area contributed by atoms with Crippen LogP contribution in [0.2, 0.25) is 0 Å². The number of H-pyrrole nitrogens is 1. The van der Waals surface area contributed by atoms with Crippen LogP contribution < -0.4 is 16.0 Å². The Morgan fingerprint density at radius 3 is 2.74 bits per heavy atom. The zero-order valence-corrected chi connectivity index (χ0v) is 18.2. The van der Waals surface area contributed by atoms with E-state index in [1.807, 2.05) is 20.0 Å². The maximum atomic E-state index is 13.4. The molecule has 0 aliphatic heterocycles. The molecule has 0 unspecified atom stereocenters. The van der Waals surface area contributed by atoms with E-state index in [0.29, 0.717) is 32.0 Å². The van der Waals surface area contributed by atoms with Gasteiger partial charge in [0.1, 0.15) is 5.82 Å². The van der Waals surface area contributed by atoms with Gasteiger partial charge in [0.05, 0.1) is 6.54 Å². The monoisotopic (exact) mass is 489 g/mol. The first-order valence-corrected chi connectivity index (χ1v) is 9.18. The number of nitrogens with one attached hydrogen (secondary N) is 4. The molecule has 0 radical (unpaired) electrons. The molecule has 1 aromatic carbocycles. The van der Waals surface area contributed by atoms with Crippen molar-refractivity contribution in [1.29, 1.82) is 0 Å². The average Bonchev–Trinajstić information content (AvgIpc) is 3.02. The van der Waals surface area contributed by atoms with Crippen molar-refractivity contribution in [3.63, 3.8) is 0 Å². The number of rotatable bonds is 9. The minimum atomic E-state index is -0.234. The van der Waals surface area contributed by atoms with E-state index in [-0.39, 0.29) is 35.7 Å². The van der Waals surface area contributed by atoms with E-state index in [2.05, 4.69) is 25.9 Å². The quantitative estimate of drug-likeness (QED) is 0.249. The van der Waals surface area contributed by atoms with E-state index < -0.39 is 0 Å². The summed E-state index contributed by atoms with van der Waals surface area (Å²) < 4.78 is 13.4. The molecule has 150 valence electrons. The molecule has 0 atom stereocenters. The number of nitrogens with zero attached hydrogens (tertiary/aromatic N) is 1. The predicted octanol–water partition coefficient (Wildman–Crippen LogP) is 2.94. The zero-order chi connectivity index (χ0) is 18.8. The number of aromatic amines is 1. The molecule has 0 saturated heterocycles. The van der Waals surface area contributed by atoms with Gasteiger partial charge in [0, 0.05) is 43.2 Å². The van der Waals surface area contributed by atoms with Crippen LogP contribution in [0.3, 0.4) is 0 Å². The Morgan fingerprint density at radius 1 is 1.19 bits per heavy atom. The molecular weight excluding hydrogens is 460 g/mol. The highest BCUT2D eigenvalue weighted by atomic mass is 127. The van der Waals surface area contributed by atoms with Crippen LogP contribution in [0.15, 0.2) is 29.4 Å². The molecule has 1 heterocycles. The van der Waals surface area contributed by atoms with Crippen molar-refractivity contribution >= 4 is 46.7 Å². The summed E-state index contributed by atoms with van der Waals surface area (Å²) in [4.78, 5) is 19.2. The Morgan fingerprint density at radius 2 is 2.00 bits per heavy atom. The van der Waals surface area contributed by atoms with Crippen molar-refractivity contribution in [2.24, 2.45) is 4.99 Å². The van der Waals surface area contributed by atoms with E-state index in [1.54, 1.807) is 12.1 Å². The van der Waals surface area contributed by atoms with Crippen LogP contribution in [0, 0.1) is 5.82 Å². The van der Waals surface area contributed by atoms with Gasteiger partial charge in [-0.15, -0.1) is 24.0 Å². The van der Waals surface area contributed by atoms with Crippen LogP contribution in [0.1, 0.15) is 32.3 Å². The minimum Gasteiger partial charge on any atom is -0.361 e. The summed E-state index contributed by atoms with van der Waals surface area (Å²) in [5.74, 6) is 0.469. The number of aliphatic imine (C=N–C) groups is 1. The number of halogens is 2. The van der Waals surface area contributed by atoms with Gasteiger partial charge in [-0.2, -0.15) is 0 Å². The number of hydrogen-bond donors (Lipinski definition) is 4. The number of guanidine groups is 1. The zero-order valence-electron chi connectivity index (χ0n) is 15.9. The molecule has 27 heavy (non-hydrogen) atoms. The number of fused-ring (bicyclic) bond motifs is 1. The SMILES string of the molecule is CCCNC(=O)CCN=C(NCC)NCCc1c[nH]c2ccc(F)cc12.I. The van der Waals surface area contributed by atoms with Crippen molar-refractivity contribution in [3.05, 3.63) is 35.8 Å². The van der Waals surface area contributed by atoms with E-state index >= 15 is 0 Å². The van der Waals surface area contributed by atoms with Crippen molar-refractivity contribution in [3.8, 4) is 0 Å². The minimum absolute atomic E-state index is 0. The molecule has 0 bridgehead atoms. The van der Waals surface area contributed by atoms with Gasteiger partial charge in [-0.3, -0.25) is 9.79 Å². The fraction of sp³-hybridized carbons (Fsp3) is 0.474. The Hall–Kier alpha value is -1.84. The Labute approximate surface area is 176 Å². The molecule has 0 spiro atoms. The summed E-state index contributed by atoms with van der Waals surface area (Å²) in [7, 11) is 0. The molecule has 2 rings (SSSR count). The van der Waals surface area contributed by atoms with Gasteiger partial charge in [0.25, 0.3) is 0 Å². The molecular formula is C19H29FIN5O. The summed E-state index contributed by atoms with van der Waals surface area (Å²) in [6, 6.07) is 4.75. The summed E-state index contributed by atoms with van der Waals surface area (Å²) in [5, 5.41) is 10.2. The van der Waals surface area contributed by atoms with Gasteiger partial charge in [-0.25, -0.2) is 4.39 Å². The lowest BCUT2D eigenvalue weighted by Crippen LogP contribution is -2.38. The van der Waals surface area contributed by atoms with E-state index in [9.17, 15) is 9.18 Å². The van der Waals surface area contributed by atoms with Crippen LogP contribution in [-0.2, 0) is 11.2 Å². The Kier molecular flexibility index (Phi) is 10.8.